The summed E-state index contributed by atoms with van der Waals surface area (Å²) in [6.07, 6.45) is 2.85. The molecule has 2 heteroatoms. The highest BCUT2D eigenvalue weighted by atomic mass is 16.1. The molecule has 0 radical (unpaired) electrons. The Hall–Kier alpha value is -2.61. The summed E-state index contributed by atoms with van der Waals surface area (Å²) >= 11 is 0. The minimum atomic E-state index is 0.0209. The summed E-state index contributed by atoms with van der Waals surface area (Å²) in [5.41, 5.74) is 3.01. The summed E-state index contributed by atoms with van der Waals surface area (Å²) in [5, 5.41) is 0. The maximum absolute atomic E-state index is 11.2. The first-order valence-electron chi connectivity index (χ1n) is 6.62. The van der Waals surface area contributed by atoms with E-state index in [0.717, 1.165) is 17.4 Å². The molecule has 0 saturated carbocycles. The lowest BCUT2D eigenvalue weighted by Gasteiger charge is -2.21. The second kappa shape index (κ2) is 5.57. The van der Waals surface area contributed by atoms with Crippen molar-refractivity contribution in [2.24, 2.45) is 0 Å². The molecule has 0 amide bonds. The quantitative estimate of drug-likeness (QED) is 0.652. The second-order valence-electron chi connectivity index (χ2n) is 4.68. The van der Waals surface area contributed by atoms with Crippen molar-refractivity contribution in [3.8, 4) is 0 Å². The molecule has 2 nitrogen and oxygen atoms in total. The lowest BCUT2D eigenvalue weighted by molar-refractivity contribution is 0.111. The third-order valence-corrected chi connectivity index (χ3v) is 3.44. The third kappa shape index (κ3) is 2.28. The van der Waals surface area contributed by atoms with Crippen LogP contribution in [0.2, 0.25) is 0 Å². The van der Waals surface area contributed by atoms with Gasteiger partial charge in [0.2, 0.25) is 0 Å². The highest BCUT2D eigenvalue weighted by molar-refractivity contribution is 5.72. The van der Waals surface area contributed by atoms with Gasteiger partial charge in [-0.05, 0) is 23.3 Å². The molecule has 2 aromatic carbocycles. The number of rotatable bonds is 4. The minimum Gasteiger partial charge on any atom is -0.334 e. The van der Waals surface area contributed by atoms with E-state index in [9.17, 15) is 4.79 Å². The molecule has 0 fully saturated rings. The zero-order valence-electron chi connectivity index (χ0n) is 11.0. The predicted molar refractivity (Wildman–Crippen MR) is 79.9 cm³/mol. The molecule has 0 aliphatic heterocycles. The summed E-state index contributed by atoms with van der Waals surface area (Å²) in [6, 6.07) is 24.2. The molecular weight excluding hydrogens is 246 g/mol. The van der Waals surface area contributed by atoms with E-state index in [2.05, 4.69) is 24.3 Å². The fourth-order valence-electron chi connectivity index (χ4n) is 2.53. The van der Waals surface area contributed by atoms with Crippen molar-refractivity contribution in [1.29, 1.82) is 0 Å². The van der Waals surface area contributed by atoms with E-state index in [0.29, 0.717) is 5.69 Å². The van der Waals surface area contributed by atoms with Crippen LogP contribution in [0.25, 0.3) is 0 Å². The Morgan fingerprint density at radius 3 is 1.80 bits per heavy atom. The summed E-state index contributed by atoms with van der Waals surface area (Å²) in [6.45, 7) is 0. The fourth-order valence-corrected chi connectivity index (χ4v) is 2.53. The molecule has 1 aromatic heterocycles. The third-order valence-electron chi connectivity index (χ3n) is 3.44. The first kappa shape index (κ1) is 12.4. The smallest absolute Gasteiger partial charge is 0.166 e. The monoisotopic (exact) mass is 261 g/mol. The topological polar surface area (TPSA) is 22.0 Å². The molecule has 3 rings (SSSR count). The Bertz CT molecular complexity index is 646. The van der Waals surface area contributed by atoms with Gasteiger partial charge in [-0.25, -0.2) is 0 Å². The maximum atomic E-state index is 11.2. The fraction of sp³-hybridized carbons (Fsp3) is 0.0556. The number of hydrogen-bond acceptors (Lipinski definition) is 1. The number of carbonyl (C=O) groups excluding carboxylic acids is 1. The number of nitrogens with zero attached hydrogens (tertiary/aromatic N) is 1. The van der Waals surface area contributed by atoms with Crippen LogP contribution in [0.5, 0.6) is 0 Å². The first-order chi connectivity index (χ1) is 9.90. The van der Waals surface area contributed by atoms with E-state index < -0.39 is 0 Å². The Balaban J connectivity index is 2.17. The van der Waals surface area contributed by atoms with Crippen LogP contribution < -0.4 is 0 Å². The molecule has 0 aliphatic carbocycles. The van der Waals surface area contributed by atoms with Gasteiger partial charge >= 0.3 is 0 Å². The average molecular weight is 261 g/mol. The van der Waals surface area contributed by atoms with Gasteiger partial charge < -0.3 is 4.57 Å². The van der Waals surface area contributed by atoms with Crippen molar-refractivity contribution in [2.45, 2.75) is 6.04 Å². The van der Waals surface area contributed by atoms with Crippen LogP contribution in [0, 0.1) is 0 Å². The van der Waals surface area contributed by atoms with Crippen molar-refractivity contribution in [2.75, 3.05) is 0 Å². The minimum absolute atomic E-state index is 0.0209. The van der Waals surface area contributed by atoms with E-state index in [1.807, 2.05) is 59.3 Å². The zero-order chi connectivity index (χ0) is 13.8. The second-order valence-corrected chi connectivity index (χ2v) is 4.68. The zero-order valence-corrected chi connectivity index (χ0v) is 11.0. The maximum Gasteiger partial charge on any atom is 0.166 e. The van der Waals surface area contributed by atoms with Crippen LogP contribution in [0.4, 0.5) is 0 Å². The SMILES string of the molecule is O=Cc1cccn1C(c1ccccc1)c1ccccc1. The number of aldehydes is 1. The Morgan fingerprint density at radius 2 is 1.30 bits per heavy atom. The average Bonchev–Trinajstić information content (AvgIpc) is 2.98. The molecule has 0 bridgehead atoms. The van der Waals surface area contributed by atoms with Crippen molar-refractivity contribution < 1.29 is 4.79 Å². The summed E-state index contributed by atoms with van der Waals surface area (Å²) in [4.78, 5) is 11.2. The first-order valence-corrected chi connectivity index (χ1v) is 6.62. The lowest BCUT2D eigenvalue weighted by Crippen LogP contribution is -2.13. The van der Waals surface area contributed by atoms with E-state index in [1.165, 1.54) is 0 Å². The molecule has 0 aliphatic rings. The van der Waals surface area contributed by atoms with Crippen LogP contribution in [0.1, 0.15) is 27.7 Å². The van der Waals surface area contributed by atoms with Crippen molar-refractivity contribution in [3.63, 3.8) is 0 Å². The molecule has 0 atom stereocenters. The van der Waals surface area contributed by atoms with Gasteiger partial charge in [0.25, 0.3) is 0 Å². The van der Waals surface area contributed by atoms with Crippen LogP contribution in [0.15, 0.2) is 79.0 Å². The van der Waals surface area contributed by atoms with Gasteiger partial charge in [-0.1, -0.05) is 60.7 Å². The van der Waals surface area contributed by atoms with Gasteiger partial charge in [-0.15, -0.1) is 0 Å². The van der Waals surface area contributed by atoms with Crippen molar-refractivity contribution in [3.05, 3.63) is 95.8 Å². The van der Waals surface area contributed by atoms with Gasteiger partial charge in [-0.2, -0.15) is 0 Å². The molecule has 20 heavy (non-hydrogen) atoms. The highest BCUT2D eigenvalue weighted by Crippen LogP contribution is 2.27. The molecule has 98 valence electrons. The number of carbonyl (C=O) groups is 1. The Labute approximate surface area is 118 Å². The lowest BCUT2D eigenvalue weighted by atomic mass is 9.98. The number of hydrogen-bond donors (Lipinski definition) is 0. The van der Waals surface area contributed by atoms with E-state index in [-0.39, 0.29) is 6.04 Å². The standard InChI is InChI=1S/C18H15NO/c20-14-17-12-7-13-19(17)18(15-8-3-1-4-9-15)16-10-5-2-6-11-16/h1-14,18H. The molecule has 0 unspecified atom stereocenters. The van der Waals surface area contributed by atoms with E-state index in [4.69, 9.17) is 0 Å². The van der Waals surface area contributed by atoms with Crippen LogP contribution in [-0.4, -0.2) is 10.9 Å². The molecular formula is C18H15NO. The van der Waals surface area contributed by atoms with Gasteiger partial charge in [0.15, 0.2) is 6.29 Å². The van der Waals surface area contributed by atoms with Crippen LogP contribution >= 0.6 is 0 Å². The van der Waals surface area contributed by atoms with E-state index >= 15 is 0 Å². The number of benzene rings is 2. The van der Waals surface area contributed by atoms with E-state index in [1.54, 1.807) is 0 Å². The van der Waals surface area contributed by atoms with Gasteiger partial charge in [0, 0.05) is 6.20 Å². The highest BCUT2D eigenvalue weighted by Gasteiger charge is 2.17. The summed E-state index contributed by atoms with van der Waals surface area (Å²) in [7, 11) is 0. The van der Waals surface area contributed by atoms with Gasteiger partial charge in [0.05, 0.1) is 11.7 Å². The largest absolute Gasteiger partial charge is 0.334 e. The van der Waals surface area contributed by atoms with Gasteiger partial charge in [-0.3, -0.25) is 4.79 Å². The molecule has 0 saturated heterocycles. The molecule has 3 aromatic rings. The predicted octanol–water partition coefficient (Wildman–Crippen LogP) is 3.94. The summed E-state index contributed by atoms with van der Waals surface area (Å²) < 4.78 is 2.01. The van der Waals surface area contributed by atoms with Crippen molar-refractivity contribution >= 4 is 6.29 Å². The Morgan fingerprint density at radius 1 is 0.750 bits per heavy atom. The Kier molecular flexibility index (Phi) is 3.46. The molecule has 0 N–H and O–H groups in total. The van der Waals surface area contributed by atoms with Crippen LogP contribution in [-0.2, 0) is 0 Å². The number of aromatic nitrogens is 1. The molecule has 1 heterocycles. The molecule has 0 spiro atoms. The van der Waals surface area contributed by atoms with Crippen molar-refractivity contribution in [1.82, 2.24) is 4.57 Å². The normalized spacial score (nSPS) is 10.7. The van der Waals surface area contributed by atoms with Gasteiger partial charge in [0.1, 0.15) is 0 Å². The van der Waals surface area contributed by atoms with Crippen LogP contribution in [0.3, 0.4) is 0 Å². The summed E-state index contributed by atoms with van der Waals surface area (Å²) in [5.74, 6) is 0.